The molecule has 0 amide bonds. The van der Waals surface area contributed by atoms with Gasteiger partial charge in [-0.2, -0.15) is 4.98 Å². The molecule has 4 nitrogen and oxygen atoms in total. The van der Waals surface area contributed by atoms with Crippen LogP contribution in [-0.2, 0) is 0 Å². The average molecular weight is 284 g/mol. The summed E-state index contributed by atoms with van der Waals surface area (Å²) in [4.78, 5) is 11.3. The monoisotopic (exact) mass is 284 g/mol. The number of hydrogen-bond acceptors (Lipinski definition) is 4. The summed E-state index contributed by atoms with van der Waals surface area (Å²) in [5.74, 6) is 1.63. The Hall–Kier alpha value is -2.10. The molecule has 0 saturated carbocycles. The smallest absolute Gasteiger partial charge is 0.227 e. The van der Waals surface area contributed by atoms with Gasteiger partial charge in [-0.25, -0.2) is 4.98 Å². The zero-order chi connectivity index (χ0) is 15.4. The lowest BCUT2D eigenvalue weighted by Gasteiger charge is -2.20. The molecule has 1 heterocycles. The molecule has 4 heteroatoms. The average Bonchev–Trinajstić information content (AvgIpc) is 2.44. The van der Waals surface area contributed by atoms with Gasteiger partial charge in [0.2, 0.25) is 5.95 Å². The van der Waals surface area contributed by atoms with E-state index in [1.54, 1.807) is 0 Å². The number of nitrogens with zero attached hydrogens (tertiary/aromatic N) is 3. The van der Waals surface area contributed by atoms with Crippen molar-refractivity contribution in [1.29, 1.82) is 0 Å². The summed E-state index contributed by atoms with van der Waals surface area (Å²) >= 11 is 0. The highest BCUT2D eigenvalue weighted by molar-refractivity contribution is 5.65. The first-order chi connectivity index (χ1) is 10.0. The normalized spacial score (nSPS) is 10.5. The van der Waals surface area contributed by atoms with E-state index in [0.717, 1.165) is 36.2 Å². The maximum Gasteiger partial charge on any atom is 0.227 e. The minimum Gasteiger partial charge on any atom is -0.341 e. The number of aryl methyl sites for hydroxylation is 3. The van der Waals surface area contributed by atoms with E-state index in [1.807, 2.05) is 13.0 Å². The number of nitrogens with one attached hydrogen (secondary N) is 1. The second-order valence-corrected chi connectivity index (χ2v) is 5.26. The summed E-state index contributed by atoms with van der Waals surface area (Å²) < 4.78 is 0. The molecule has 21 heavy (non-hydrogen) atoms. The molecule has 0 spiro atoms. The molecule has 1 N–H and O–H groups in total. The highest BCUT2D eigenvalue weighted by atomic mass is 15.3. The molecule has 0 bridgehead atoms. The lowest BCUT2D eigenvalue weighted by atomic mass is 10.1. The van der Waals surface area contributed by atoms with Crippen LogP contribution in [0.4, 0.5) is 17.5 Å². The number of aromatic nitrogens is 2. The van der Waals surface area contributed by atoms with Crippen LogP contribution in [0.2, 0.25) is 0 Å². The maximum atomic E-state index is 4.66. The van der Waals surface area contributed by atoms with Crippen LogP contribution in [0, 0.1) is 20.8 Å². The number of hydrogen-bond donors (Lipinski definition) is 1. The van der Waals surface area contributed by atoms with Crippen molar-refractivity contribution in [3.05, 3.63) is 41.1 Å². The molecule has 0 fully saturated rings. The zero-order valence-electron chi connectivity index (χ0n) is 13.6. The predicted octanol–water partition coefficient (Wildman–Crippen LogP) is 3.99. The minimum absolute atomic E-state index is 0.786. The molecule has 0 saturated heterocycles. The summed E-state index contributed by atoms with van der Waals surface area (Å²) in [6, 6.07) is 8.27. The van der Waals surface area contributed by atoms with Crippen molar-refractivity contribution in [2.24, 2.45) is 0 Å². The number of para-hydroxylation sites is 1. The van der Waals surface area contributed by atoms with Gasteiger partial charge in [0.05, 0.1) is 0 Å². The molecule has 1 aromatic heterocycles. The topological polar surface area (TPSA) is 41.1 Å². The van der Waals surface area contributed by atoms with Gasteiger partial charge in [-0.3, -0.25) is 0 Å². The second-order valence-electron chi connectivity index (χ2n) is 5.26. The van der Waals surface area contributed by atoms with Crippen molar-refractivity contribution in [3.63, 3.8) is 0 Å². The van der Waals surface area contributed by atoms with Crippen LogP contribution in [0.15, 0.2) is 24.3 Å². The minimum atomic E-state index is 0.786. The summed E-state index contributed by atoms with van der Waals surface area (Å²) in [5.41, 5.74) is 4.54. The van der Waals surface area contributed by atoms with Gasteiger partial charge in [0.25, 0.3) is 0 Å². The van der Waals surface area contributed by atoms with Crippen molar-refractivity contribution in [1.82, 2.24) is 9.97 Å². The van der Waals surface area contributed by atoms with E-state index in [-0.39, 0.29) is 0 Å². The van der Waals surface area contributed by atoms with Crippen LogP contribution in [0.25, 0.3) is 0 Å². The first kappa shape index (κ1) is 15.3. The Morgan fingerprint density at radius 2 is 1.62 bits per heavy atom. The van der Waals surface area contributed by atoms with Gasteiger partial charge in [0.15, 0.2) is 0 Å². The van der Waals surface area contributed by atoms with Crippen LogP contribution >= 0.6 is 0 Å². The summed E-state index contributed by atoms with van der Waals surface area (Å²) in [7, 11) is 0. The molecule has 0 aliphatic heterocycles. The second kappa shape index (κ2) is 6.57. The van der Waals surface area contributed by atoms with Gasteiger partial charge < -0.3 is 10.2 Å². The van der Waals surface area contributed by atoms with Crippen molar-refractivity contribution in [2.75, 3.05) is 23.3 Å². The summed E-state index contributed by atoms with van der Waals surface area (Å²) in [6.07, 6.45) is 0. The van der Waals surface area contributed by atoms with E-state index < -0.39 is 0 Å². The largest absolute Gasteiger partial charge is 0.341 e. The van der Waals surface area contributed by atoms with Crippen LogP contribution in [0.3, 0.4) is 0 Å². The van der Waals surface area contributed by atoms with Gasteiger partial charge in [-0.15, -0.1) is 0 Å². The van der Waals surface area contributed by atoms with E-state index in [4.69, 9.17) is 0 Å². The molecular weight excluding hydrogens is 260 g/mol. The molecule has 1 aromatic carbocycles. The van der Waals surface area contributed by atoms with Gasteiger partial charge in [-0.1, -0.05) is 18.2 Å². The number of rotatable bonds is 5. The molecule has 0 unspecified atom stereocenters. The Morgan fingerprint density at radius 3 is 2.19 bits per heavy atom. The Labute approximate surface area is 127 Å². The van der Waals surface area contributed by atoms with Gasteiger partial charge in [0, 0.05) is 30.5 Å². The fraction of sp³-hybridized carbons (Fsp3) is 0.412. The van der Waals surface area contributed by atoms with Crippen LogP contribution in [0.1, 0.15) is 30.7 Å². The quantitative estimate of drug-likeness (QED) is 0.901. The first-order valence-electron chi connectivity index (χ1n) is 7.49. The molecule has 2 rings (SSSR count). The van der Waals surface area contributed by atoms with Gasteiger partial charge >= 0.3 is 0 Å². The summed E-state index contributed by atoms with van der Waals surface area (Å²) in [5, 5.41) is 3.45. The van der Waals surface area contributed by atoms with E-state index in [1.165, 1.54) is 11.1 Å². The fourth-order valence-corrected chi connectivity index (χ4v) is 2.40. The standard InChI is InChI=1S/C17H24N4/c1-6-21(7-2)17-18-14(5)11-15(20-17)19-16-12(3)9-8-10-13(16)4/h8-11H,6-7H2,1-5H3,(H,18,19,20). The third-order valence-corrected chi connectivity index (χ3v) is 3.62. The van der Waals surface area contributed by atoms with Crippen LogP contribution < -0.4 is 10.2 Å². The lowest BCUT2D eigenvalue weighted by Crippen LogP contribution is -2.24. The molecule has 0 atom stereocenters. The SMILES string of the molecule is CCN(CC)c1nc(C)cc(Nc2c(C)cccc2C)n1. The Balaban J connectivity index is 2.36. The molecular formula is C17H24N4. The van der Waals surface area contributed by atoms with Gasteiger partial charge in [-0.05, 0) is 45.7 Å². The molecule has 112 valence electrons. The van der Waals surface area contributed by atoms with Crippen molar-refractivity contribution >= 4 is 17.5 Å². The fourth-order valence-electron chi connectivity index (χ4n) is 2.40. The lowest BCUT2D eigenvalue weighted by molar-refractivity contribution is 0.817. The molecule has 2 aromatic rings. The van der Waals surface area contributed by atoms with Crippen molar-refractivity contribution in [3.8, 4) is 0 Å². The highest BCUT2D eigenvalue weighted by Crippen LogP contribution is 2.24. The predicted molar refractivity (Wildman–Crippen MR) is 89.5 cm³/mol. The van der Waals surface area contributed by atoms with E-state index in [0.29, 0.717) is 0 Å². The number of anilines is 3. The van der Waals surface area contributed by atoms with E-state index >= 15 is 0 Å². The van der Waals surface area contributed by atoms with Crippen LogP contribution in [-0.4, -0.2) is 23.1 Å². The third-order valence-electron chi connectivity index (χ3n) is 3.62. The molecule has 0 aliphatic carbocycles. The zero-order valence-corrected chi connectivity index (χ0v) is 13.6. The van der Waals surface area contributed by atoms with Gasteiger partial charge in [0.1, 0.15) is 5.82 Å². The Bertz CT molecular complexity index is 598. The number of benzene rings is 1. The third kappa shape index (κ3) is 3.51. The summed E-state index contributed by atoms with van der Waals surface area (Å²) in [6.45, 7) is 12.3. The highest BCUT2D eigenvalue weighted by Gasteiger charge is 2.09. The van der Waals surface area contributed by atoms with E-state index in [2.05, 4.69) is 66.1 Å². The Kier molecular flexibility index (Phi) is 4.78. The van der Waals surface area contributed by atoms with Crippen LogP contribution in [0.5, 0.6) is 0 Å². The first-order valence-corrected chi connectivity index (χ1v) is 7.49. The van der Waals surface area contributed by atoms with Crippen molar-refractivity contribution in [2.45, 2.75) is 34.6 Å². The Morgan fingerprint density at radius 1 is 1.00 bits per heavy atom. The maximum absolute atomic E-state index is 4.66. The van der Waals surface area contributed by atoms with E-state index in [9.17, 15) is 0 Å². The van der Waals surface area contributed by atoms with Crippen molar-refractivity contribution < 1.29 is 0 Å². The molecule has 0 aliphatic rings. The molecule has 0 radical (unpaired) electrons.